The van der Waals surface area contributed by atoms with Gasteiger partial charge in [-0.3, -0.25) is 0 Å². The van der Waals surface area contributed by atoms with E-state index in [1.54, 1.807) is 0 Å². The normalized spacial score (nSPS) is 13.3. The van der Waals surface area contributed by atoms with Gasteiger partial charge in [0.2, 0.25) is 0 Å². The third-order valence-corrected chi connectivity index (χ3v) is 3.60. The number of nitrogens with zero attached hydrogens (tertiary/aromatic N) is 1. The van der Waals surface area contributed by atoms with Gasteiger partial charge in [-0.1, -0.05) is 30.3 Å². The minimum absolute atomic E-state index is 0.931. The number of thioether (sulfide) groups is 1. The van der Waals surface area contributed by atoms with Crippen molar-refractivity contribution < 1.29 is 0 Å². The minimum atomic E-state index is 0.931. The van der Waals surface area contributed by atoms with E-state index < -0.39 is 0 Å². The van der Waals surface area contributed by atoms with Crippen molar-refractivity contribution in [2.75, 3.05) is 11.2 Å². The molecule has 0 unspecified atom stereocenters. The third kappa shape index (κ3) is 1.57. The fraction of sp³-hybridized carbons (Fsp3) is 0.154. The molecule has 80 valence electrons. The molecule has 3 rings (SSSR count). The Hall–Kier alpha value is -1.48. The number of anilines is 1. The molecule has 0 bridgehead atoms. The van der Waals surface area contributed by atoms with E-state index in [-0.39, 0.29) is 0 Å². The summed E-state index contributed by atoms with van der Waals surface area (Å²) in [6.07, 6.45) is 0. The van der Waals surface area contributed by atoms with Crippen LogP contribution >= 0.6 is 11.8 Å². The van der Waals surface area contributed by atoms with Crippen molar-refractivity contribution in [1.29, 1.82) is 0 Å². The Balaban J connectivity index is 2.15. The maximum Gasteiger partial charge on any atom is 0.141 e. The first-order chi connectivity index (χ1) is 7.84. The lowest BCUT2D eigenvalue weighted by Gasteiger charge is -2.07. The van der Waals surface area contributed by atoms with Crippen molar-refractivity contribution in [3.8, 4) is 11.3 Å². The zero-order valence-corrected chi connectivity index (χ0v) is 9.84. The zero-order valence-electron chi connectivity index (χ0n) is 9.03. The monoisotopic (exact) mass is 228 g/mol. The summed E-state index contributed by atoms with van der Waals surface area (Å²) in [5.41, 5.74) is 3.50. The first kappa shape index (κ1) is 9.73. The molecular weight excluding hydrogens is 216 g/mol. The molecule has 2 aromatic rings. The van der Waals surface area contributed by atoms with Crippen molar-refractivity contribution in [2.45, 2.75) is 11.8 Å². The van der Waals surface area contributed by atoms with Gasteiger partial charge in [0.1, 0.15) is 5.82 Å². The highest BCUT2D eigenvalue weighted by atomic mass is 32.2. The number of benzene rings is 1. The van der Waals surface area contributed by atoms with E-state index in [1.807, 2.05) is 30.0 Å². The first-order valence-electron chi connectivity index (χ1n) is 5.28. The Morgan fingerprint density at radius 3 is 2.88 bits per heavy atom. The molecule has 3 heteroatoms. The molecule has 2 heterocycles. The quantitative estimate of drug-likeness (QED) is 0.808. The molecule has 1 N–H and O–H groups in total. The molecule has 1 aromatic carbocycles. The summed E-state index contributed by atoms with van der Waals surface area (Å²) in [6, 6.07) is 12.5. The molecule has 1 aliphatic rings. The van der Waals surface area contributed by atoms with Gasteiger partial charge < -0.3 is 5.32 Å². The fourth-order valence-corrected chi connectivity index (χ4v) is 2.77. The van der Waals surface area contributed by atoms with Crippen LogP contribution in [-0.4, -0.2) is 10.9 Å². The van der Waals surface area contributed by atoms with Gasteiger partial charge in [0.25, 0.3) is 0 Å². The largest absolute Gasteiger partial charge is 0.360 e. The van der Waals surface area contributed by atoms with Crippen LogP contribution in [0.1, 0.15) is 5.56 Å². The van der Waals surface area contributed by atoms with Gasteiger partial charge in [0.15, 0.2) is 0 Å². The number of rotatable bonds is 1. The molecule has 0 radical (unpaired) electrons. The average Bonchev–Trinajstić information content (AvgIpc) is 2.76. The van der Waals surface area contributed by atoms with Crippen molar-refractivity contribution in [3.63, 3.8) is 0 Å². The number of fused-ring (bicyclic) bond motifs is 1. The summed E-state index contributed by atoms with van der Waals surface area (Å²) >= 11 is 1.81. The SMILES string of the molecule is Cc1cc2c(nc1-c1ccccc1)NCS2. The summed E-state index contributed by atoms with van der Waals surface area (Å²) < 4.78 is 0. The zero-order chi connectivity index (χ0) is 11.0. The summed E-state index contributed by atoms with van der Waals surface area (Å²) in [4.78, 5) is 5.95. The molecule has 0 aliphatic carbocycles. The van der Waals surface area contributed by atoms with E-state index in [1.165, 1.54) is 16.0 Å². The molecule has 0 spiro atoms. The Kier molecular flexibility index (Phi) is 2.33. The second-order valence-corrected chi connectivity index (χ2v) is 4.85. The standard InChI is InChI=1S/C13H12N2S/c1-9-7-11-13(14-8-16-11)15-12(9)10-5-3-2-4-6-10/h2-7H,8H2,1H3,(H,14,15). The van der Waals surface area contributed by atoms with Crippen LogP contribution < -0.4 is 5.32 Å². The number of hydrogen-bond acceptors (Lipinski definition) is 3. The number of nitrogens with one attached hydrogen (secondary N) is 1. The second-order valence-electron chi connectivity index (χ2n) is 3.83. The smallest absolute Gasteiger partial charge is 0.141 e. The number of aromatic nitrogens is 1. The van der Waals surface area contributed by atoms with E-state index in [9.17, 15) is 0 Å². The van der Waals surface area contributed by atoms with Crippen LogP contribution in [0.2, 0.25) is 0 Å². The van der Waals surface area contributed by atoms with Crippen LogP contribution in [0, 0.1) is 6.92 Å². The lowest BCUT2D eigenvalue weighted by atomic mass is 10.1. The lowest BCUT2D eigenvalue weighted by molar-refractivity contribution is 1.20. The van der Waals surface area contributed by atoms with Crippen molar-refractivity contribution >= 4 is 17.6 Å². The summed E-state index contributed by atoms with van der Waals surface area (Å²) in [7, 11) is 0. The molecule has 2 nitrogen and oxygen atoms in total. The van der Waals surface area contributed by atoms with Gasteiger partial charge in [0, 0.05) is 5.56 Å². The highest BCUT2D eigenvalue weighted by Crippen LogP contribution is 2.35. The fourth-order valence-electron chi connectivity index (χ4n) is 1.90. The molecule has 0 saturated carbocycles. The highest BCUT2D eigenvalue weighted by molar-refractivity contribution is 7.99. The van der Waals surface area contributed by atoms with Crippen LogP contribution in [0.5, 0.6) is 0 Å². The molecular formula is C13H12N2S. The molecule has 0 amide bonds. The van der Waals surface area contributed by atoms with Gasteiger partial charge in [-0.25, -0.2) is 4.98 Å². The predicted molar refractivity (Wildman–Crippen MR) is 68.8 cm³/mol. The van der Waals surface area contributed by atoms with E-state index in [0.29, 0.717) is 0 Å². The highest BCUT2D eigenvalue weighted by Gasteiger charge is 2.15. The molecule has 0 saturated heterocycles. The van der Waals surface area contributed by atoms with Crippen LogP contribution in [0.15, 0.2) is 41.3 Å². The van der Waals surface area contributed by atoms with Crippen molar-refractivity contribution in [2.24, 2.45) is 0 Å². The van der Waals surface area contributed by atoms with Crippen molar-refractivity contribution in [3.05, 3.63) is 42.0 Å². The average molecular weight is 228 g/mol. The predicted octanol–water partition coefficient (Wildman–Crippen LogP) is 3.53. The Labute approximate surface area is 99.1 Å². The number of hydrogen-bond donors (Lipinski definition) is 1. The van der Waals surface area contributed by atoms with E-state index in [4.69, 9.17) is 4.98 Å². The Morgan fingerprint density at radius 1 is 1.25 bits per heavy atom. The van der Waals surface area contributed by atoms with Crippen LogP contribution in [0.4, 0.5) is 5.82 Å². The maximum absolute atomic E-state index is 4.69. The molecule has 1 aromatic heterocycles. The van der Waals surface area contributed by atoms with Gasteiger partial charge in [-0.2, -0.15) is 0 Å². The van der Waals surface area contributed by atoms with Gasteiger partial charge in [0.05, 0.1) is 16.5 Å². The van der Waals surface area contributed by atoms with E-state index >= 15 is 0 Å². The van der Waals surface area contributed by atoms with Gasteiger partial charge >= 0.3 is 0 Å². The minimum Gasteiger partial charge on any atom is -0.360 e. The molecule has 0 fully saturated rings. The van der Waals surface area contributed by atoms with Gasteiger partial charge in [-0.15, -0.1) is 11.8 Å². The summed E-state index contributed by atoms with van der Waals surface area (Å²) in [6.45, 7) is 2.12. The van der Waals surface area contributed by atoms with Crippen LogP contribution in [-0.2, 0) is 0 Å². The second kappa shape index (κ2) is 3.83. The first-order valence-corrected chi connectivity index (χ1v) is 6.27. The third-order valence-electron chi connectivity index (χ3n) is 2.69. The Morgan fingerprint density at radius 2 is 2.06 bits per heavy atom. The summed E-state index contributed by atoms with van der Waals surface area (Å²) in [5, 5.41) is 3.29. The maximum atomic E-state index is 4.69. The number of pyridine rings is 1. The van der Waals surface area contributed by atoms with Crippen molar-refractivity contribution in [1.82, 2.24) is 4.98 Å². The molecule has 0 atom stereocenters. The lowest BCUT2D eigenvalue weighted by Crippen LogP contribution is -1.95. The van der Waals surface area contributed by atoms with Crippen LogP contribution in [0.25, 0.3) is 11.3 Å². The topological polar surface area (TPSA) is 24.9 Å². The number of aryl methyl sites for hydroxylation is 1. The van der Waals surface area contributed by atoms with Crippen LogP contribution in [0.3, 0.4) is 0 Å². The molecule has 1 aliphatic heterocycles. The van der Waals surface area contributed by atoms with E-state index in [0.717, 1.165) is 17.4 Å². The molecule has 16 heavy (non-hydrogen) atoms. The summed E-state index contributed by atoms with van der Waals surface area (Å²) in [5.74, 6) is 1.95. The van der Waals surface area contributed by atoms with E-state index in [2.05, 4.69) is 30.4 Å². The Bertz CT molecular complexity index is 523. The van der Waals surface area contributed by atoms with Gasteiger partial charge in [-0.05, 0) is 18.6 Å².